The molecule has 1 fully saturated rings. The van der Waals surface area contributed by atoms with Crippen LogP contribution >= 0.6 is 0 Å². The summed E-state index contributed by atoms with van der Waals surface area (Å²) in [5.41, 5.74) is 2.69. The molecule has 0 radical (unpaired) electrons. The molecule has 1 atom stereocenters. The Hall–Kier alpha value is -3.59. The third-order valence-corrected chi connectivity index (χ3v) is 6.26. The molecule has 0 unspecified atom stereocenters. The van der Waals surface area contributed by atoms with E-state index < -0.39 is 0 Å². The number of fused-ring (bicyclic) bond motifs is 1. The van der Waals surface area contributed by atoms with Crippen molar-refractivity contribution in [3.8, 4) is 0 Å². The number of nitrogens with zero attached hydrogens (tertiary/aromatic N) is 4. The Morgan fingerprint density at radius 3 is 2.64 bits per heavy atom. The molecule has 170 valence electrons. The highest BCUT2D eigenvalue weighted by atomic mass is 19.1. The van der Waals surface area contributed by atoms with Gasteiger partial charge in [0, 0.05) is 25.2 Å². The smallest absolute Gasteiger partial charge is 0.274 e. The van der Waals surface area contributed by atoms with Crippen LogP contribution in [0.4, 0.5) is 10.1 Å². The number of hydrogen-bond donors (Lipinski definition) is 1. The summed E-state index contributed by atoms with van der Waals surface area (Å²) >= 11 is 0. The minimum absolute atomic E-state index is 0.0466. The van der Waals surface area contributed by atoms with Gasteiger partial charge in [-0.15, -0.1) is 0 Å². The average Bonchev–Trinajstić information content (AvgIpc) is 3.28. The van der Waals surface area contributed by atoms with Gasteiger partial charge in [-0.05, 0) is 42.7 Å². The molecule has 33 heavy (non-hydrogen) atoms. The number of rotatable bonds is 4. The summed E-state index contributed by atoms with van der Waals surface area (Å²) < 4.78 is 21.1. The van der Waals surface area contributed by atoms with E-state index in [-0.39, 0.29) is 36.3 Å². The first-order valence-corrected chi connectivity index (χ1v) is 11.0. The molecule has 1 aromatic carbocycles. The number of halogens is 1. The van der Waals surface area contributed by atoms with Crippen molar-refractivity contribution >= 4 is 17.5 Å². The summed E-state index contributed by atoms with van der Waals surface area (Å²) in [7, 11) is 0. The number of imidazole rings is 1. The van der Waals surface area contributed by atoms with Crippen LogP contribution in [0.15, 0.2) is 55.1 Å². The highest BCUT2D eigenvalue weighted by molar-refractivity contribution is 5.95. The van der Waals surface area contributed by atoms with Gasteiger partial charge in [0.1, 0.15) is 11.9 Å². The molecule has 1 saturated heterocycles. The van der Waals surface area contributed by atoms with Gasteiger partial charge in [0.25, 0.3) is 5.91 Å². The van der Waals surface area contributed by atoms with E-state index in [2.05, 4.69) is 15.3 Å². The first-order valence-electron chi connectivity index (χ1n) is 11.0. The molecule has 0 saturated carbocycles. The molecule has 0 aliphatic carbocycles. The van der Waals surface area contributed by atoms with Crippen molar-refractivity contribution < 1.29 is 18.7 Å². The van der Waals surface area contributed by atoms with E-state index in [0.29, 0.717) is 43.9 Å². The molecule has 0 spiro atoms. The summed E-state index contributed by atoms with van der Waals surface area (Å²) in [5.74, 6) is -0.623. The minimum Gasteiger partial charge on any atom is -0.365 e. The Balaban J connectivity index is 1.19. The standard InChI is InChI=1S/C24H24FN5O3/c25-18-5-3-16(4-6-18)21-13-30-15-27-22(20(30)14-33-21)24(32)29-10-7-17(8-11-29)23(31)28-19-2-1-9-26-12-19/h1-6,9,12,15,17,21H,7-8,10-11,13-14H2,(H,28,31)/t21-/m1/s1. The van der Waals surface area contributed by atoms with E-state index in [1.807, 2.05) is 4.57 Å². The lowest BCUT2D eigenvalue weighted by molar-refractivity contribution is -0.121. The maximum atomic E-state index is 13.2. The number of carbonyl (C=O) groups excluding carboxylic acids is 2. The molecule has 2 aliphatic heterocycles. The van der Waals surface area contributed by atoms with E-state index in [4.69, 9.17) is 4.74 Å². The minimum atomic E-state index is -0.288. The van der Waals surface area contributed by atoms with Crippen LogP contribution in [0.1, 0.15) is 40.7 Å². The number of aromatic nitrogens is 3. The number of piperidine rings is 1. The largest absolute Gasteiger partial charge is 0.365 e. The van der Waals surface area contributed by atoms with Gasteiger partial charge in [-0.3, -0.25) is 14.6 Å². The molecule has 4 heterocycles. The van der Waals surface area contributed by atoms with Gasteiger partial charge in [-0.25, -0.2) is 9.37 Å². The Kier molecular flexibility index (Phi) is 5.87. The molecule has 2 aromatic heterocycles. The highest BCUT2D eigenvalue weighted by Crippen LogP contribution is 2.29. The summed E-state index contributed by atoms with van der Waals surface area (Å²) in [6.45, 7) is 1.76. The second-order valence-corrected chi connectivity index (χ2v) is 8.34. The van der Waals surface area contributed by atoms with E-state index in [1.165, 1.54) is 12.1 Å². The third kappa shape index (κ3) is 4.49. The number of benzene rings is 1. The van der Waals surface area contributed by atoms with Crippen LogP contribution in [-0.4, -0.2) is 44.3 Å². The van der Waals surface area contributed by atoms with E-state index >= 15 is 0 Å². The van der Waals surface area contributed by atoms with Gasteiger partial charge in [0.05, 0.1) is 37.1 Å². The number of ether oxygens (including phenoxy) is 1. The fourth-order valence-corrected chi connectivity index (χ4v) is 4.36. The number of hydrogen-bond acceptors (Lipinski definition) is 5. The van der Waals surface area contributed by atoms with Crippen LogP contribution in [-0.2, 0) is 22.7 Å². The predicted molar refractivity (Wildman–Crippen MR) is 118 cm³/mol. The number of carbonyl (C=O) groups is 2. The van der Waals surface area contributed by atoms with E-state index in [9.17, 15) is 14.0 Å². The molecule has 5 rings (SSSR count). The quantitative estimate of drug-likeness (QED) is 0.661. The molecule has 1 N–H and O–H groups in total. The van der Waals surface area contributed by atoms with Crippen molar-refractivity contribution in [3.63, 3.8) is 0 Å². The average molecular weight is 449 g/mol. The van der Waals surface area contributed by atoms with Gasteiger partial charge in [-0.1, -0.05) is 12.1 Å². The lowest BCUT2D eigenvalue weighted by Crippen LogP contribution is -2.42. The monoisotopic (exact) mass is 449 g/mol. The van der Waals surface area contributed by atoms with Gasteiger partial charge in [0.15, 0.2) is 5.69 Å². The van der Waals surface area contributed by atoms with Crippen molar-refractivity contribution in [3.05, 3.63) is 77.9 Å². The van der Waals surface area contributed by atoms with Gasteiger partial charge in [-0.2, -0.15) is 0 Å². The van der Waals surface area contributed by atoms with Crippen LogP contribution in [0.25, 0.3) is 0 Å². The second kappa shape index (κ2) is 9.11. The molecule has 2 aliphatic rings. The number of anilines is 1. The SMILES string of the molecule is O=C(Nc1cccnc1)C1CCN(C(=O)c2ncn3c2CO[C@@H](c2ccc(F)cc2)C3)CC1. The first-order chi connectivity index (χ1) is 16.1. The summed E-state index contributed by atoms with van der Waals surface area (Å²) in [5, 5.41) is 2.89. The zero-order chi connectivity index (χ0) is 22.8. The Bertz CT molecular complexity index is 1140. The Labute approximate surface area is 190 Å². The van der Waals surface area contributed by atoms with Crippen molar-refractivity contribution in [2.24, 2.45) is 5.92 Å². The molecule has 3 aromatic rings. The van der Waals surface area contributed by atoms with Crippen molar-refractivity contribution in [2.75, 3.05) is 18.4 Å². The van der Waals surface area contributed by atoms with Gasteiger partial charge >= 0.3 is 0 Å². The number of likely N-dealkylation sites (tertiary alicyclic amines) is 1. The normalized spacial score (nSPS) is 18.6. The van der Waals surface area contributed by atoms with Crippen LogP contribution in [0.2, 0.25) is 0 Å². The molecular weight excluding hydrogens is 425 g/mol. The van der Waals surface area contributed by atoms with Crippen LogP contribution in [0.5, 0.6) is 0 Å². The Morgan fingerprint density at radius 1 is 1.12 bits per heavy atom. The Morgan fingerprint density at radius 2 is 1.91 bits per heavy atom. The summed E-state index contributed by atoms with van der Waals surface area (Å²) in [4.78, 5) is 35.8. The predicted octanol–water partition coefficient (Wildman–Crippen LogP) is 3.18. The fraction of sp³-hybridized carbons (Fsp3) is 0.333. The molecule has 8 nitrogen and oxygen atoms in total. The highest BCUT2D eigenvalue weighted by Gasteiger charge is 2.32. The summed E-state index contributed by atoms with van der Waals surface area (Å²) in [6.07, 6.45) is 5.90. The topological polar surface area (TPSA) is 89.4 Å². The maximum Gasteiger partial charge on any atom is 0.274 e. The molecular formula is C24H24FN5O3. The number of pyridine rings is 1. The third-order valence-electron chi connectivity index (χ3n) is 6.26. The van der Waals surface area contributed by atoms with Crippen LogP contribution in [0.3, 0.4) is 0 Å². The first kappa shape index (κ1) is 21.3. The van der Waals surface area contributed by atoms with Crippen molar-refractivity contribution in [1.82, 2.24) is 19.4 Å². The lowest BCUT2D eigenvalue weighted by atomic mass is 9.95. The molecule has 0 bridgehead atoms. The zero-order valence-corrected chi connectivity index (χ0v) is 18.0. The van der Waals surface area contributed by atoms with E-state index in [0.717, 1.165) is 11.3 Å². The number of nitrogens with one attached hydrogen (secondary N) is 1. The van der Waals surface area contributed by atoms with E-state index in [1.54, 1.807) is 47.9 Å². The lowest BCUT2D eigenvalue weighted by Gasteiger charge is -2.31. The summed E-state index contributed by atoms with van der Waals surface area (Å²) in [6, 6.07) is 9.82. The van der Waals surface area contributed by atoms with Crippen LogP contribution in [0, 0.1) is 11.7 Å². The van der Waals surface area contributed by atoms with Crippen molar-refractivity contribution in [1.29, 1.82) is 0 Å². The fourth-order valence-electron chi connectivity index (χ4n) is 4.36. The molecule has 2 amide bonds. The van der Waals surface area contributed by atoms with Gasteiger partial charge in [0.2, 0.25) is 5.91 Å². The number of amides is 2. The van der Waals surface area contributed by atoms with Crippen LogP contribution < -0.4 is 5.32 Å². The van der Waals surface area contributed by atoms with Crippen molar-refractivity contribution in [2.45, 2.75) is 32.1 Å². The zero-order valence-electron chi connectivity index (χ0n) is 18.0. The second-order valence-electron chi connectivity index (χ2n) is 8.34. The molecule has 9 heteroatoms. The van der Waals surface area contributed by atoms with Gasteiger partial charge < -0.3 is 19.5 Å². The maximum absolute atomic E-state index is 13.2.